The minimum Gasteiger partial charge on any atom is -0.503 e. The summed E-state index contributed by atoms with van der Waals surface area (Å²) in [6.07, 6.45) is 7.18. The van der Waals surface area contributed by atoms with Gasteiger partial charge in [-0.2, -0.15) is 4.98 Å². The number of aromatic nitrogens is 2. The van der Waals surface area contributed by atoms with E-state index in [0.29, 0.717) is 28.4 Å². The van der Waals surface area contributed by atoms with E-state index in [-0.39, 0.29) is 5.75 Å². The molecule has 0 aliphatic heterocycles. The lowest BCUT2D eigenvalue weighted by atomic mass is 10.1. The van der Waals surface area contributed by atoms with Crippen LogP contribution in [-0.4, -0.2) is 29.3 Å². The van der Waals surface area contributed by atoms with Gasteiger partial charge in [0.1, 0.15) is 5.52 Å². The quantitative estimate of drug-likeness (QED) is 0.817. The maximum atomic E-state index is 10.3. The standard InChI is InChI=1S/C17H18N2O3.C2H6/c1-5-7-11(8-6-2)16-18-14-12(17(19-16)22-4)9-10-13(21-3)15(14)20;1-2/h5-10,20H,1H2,2-4H3;1-2H3/b8-6-,11-7+;. The highest BCUT2D eigenvalue weighted by molar-refractivity contribution is 5.91. The maximum Gasteiger partial charge on any atom is 0.224 e. The zero-order chi connectivity index (χ0) is 18.1. The highest BCUT2D eigenvalue weighted by Gasteiger charge is 2.15. The van der Waals surface area contributed by atoms with Gasteiger partial charge in [-0.1, -0.05) is 44.7 Å². The Morgan fingerprint density at radius 1 is 1.17 bits per heavy atom. The van der Waals surface area contributed by atoms with Crippen LogP contribution >= 0.6 is 0 Å². The molecule has 0 unspecified atom stereocenters. The zero-order valence-electron chi connectivity index (χ0n) is 14.8. The molecule has 0 aliphatic carbocycles. The summed E-state index contributed by atoms with van der Waals surface area (Å²) in [5.41, 5.74) is 1.14. The molecule has 128 valence electrons. The van der Waals surface area contributed by atoms with E-state index in [1.54, 1.807) is 24.3 Å². The van der Waals surface area contributed by atoms with Crippen molar-refractivity contribution in [3.05, 3.63) is 48.8 Å². The molecule has 0 amide bonds. The summed E-state index contributed by atoms with van der Waals surface area (Å²) in [6, 6.07) is 3.40. The Balaban J connectivity index is 0.00000139. The van der Waals surface area contributed by atoms with Gasteiger partial charge in [-0.25, -0.2) is 4.98 Å². The van der Waals surface area contributed by atoms with Crippen molar-refractivity contribution in [1.82, 2.24) is 9.97 Å². The fraction of sp³-hybridized carbons (Fsp3) is 0.263. The number of hydrogen-bond acceptors (Lipinski definition) is 5. The van der Waals surface area contributed by atoms with Crippen molar-refractivity contribution in [3.63, 3.8) is 0 Å². The van der Waals surface area contributed by atoms with E-state index in [4.69, 9.17) is 9.47 Å². The number of benzene rings is 1. The predicted octanol–water partition coefficient (Wildman–Crippen LogP) is 4.52. The summed E-state index contributed by atoms with van der Waals surface area (Å²) in [5.74, 6) is 1.13. The van der Waals surface area contributed by atoms with Gasteiger partial charge in [0.15, 0.2) is 17.3 Å². The molecule has 0 atom stereocenters. The number of allylic oxidation sites excluding steroid dienone is 5. The van der Waals surface area contributed by atoms with Crippen molar-refractivity contribution in [2.75, 3.05) is 14.2 Å². The number of fused-ring (bicyclic) bond motifs is 1. The van der Waals surface area contributed by atoms with Gasteiger partial charge in [0.25, 0.3) is 0 Å². The number of phenols is 1. The van der Waals surface area contributed by atoms with Crippen molar-refractivity contribution in [2.45, 2.75) is 20.8 Å². The Morgan fingerprint density at radius 3 is 2.42 bits per heavy atom. The minimum absolute atomic E-state index is 0.0413. The SMILES string of the molecule is C=C/C=C(\C=C/C)c1nc(OC)c2ccc(OC)c(O)c2n1.CC. The Hall–Kier alpha value is -2.82. The van der Waals surface area contributed by atoms with Crippen LogP contribution in [0.25, 0.3) is 16.5 Å². The molecule has 2 rings (SSSR count). The highest BCUT2D eigenvalue weighted by Crippen LogP contribution is 2.37. The smallest absolute Gasteiger partial charge is 0.224 e. The number of hydrogen-bond donors (Lipinski definition) is 1. The van der Waals surface area contributed by atoms with Gasteiger partial charge in [0, 0.05) is 5.57 Å². The number of rotatable bonds is 5. The summed E-state index contributed by atoms with van der Waals surface area (Å²) >= 11 is 0. The predicted molar refractivity (Wildman–Crippen MR) is 98.6 cm³/mol. The molecule has 0 radical (unpaired) electrons. The van der Waals surface area contributed by atoms with Gasteiger partial charge in [0.05, 0.1) is 19.6 Å². The molecule has 0 saturated carbocycles. The highest BCUT2D eigenvalue weighted by atomic mass is 16.5. The van der Waals surface area contributed by atoms with Crippen molar-refractivity contribution in [3.8, 4) is 17.4 Å². The van der Waals surface area contributed by atoms with Gasteiger partial charge in [-0.15, -0.1) is 0 Å². The molecule has 0 fully saturated rings. The fourth-order valence-corrected chi connectivity index (χ4v) is 2.09. The molecule has 0 spiro atoms. The minimum atomic E-state index is -0.0413. The second kappa shape index (κ2) is 9.35. The molecule has 1 aromatic heterocycles. The molecule has 0 aliphatic rings. The monoisotopic (exact) mass is 328 g/mol. The average Bonchev–Trinajstić information content (AvgIpc) is 2.63. The first-order valence-corrected chi connectivity index (χ1v) is 7.73. The van der Waals surface area contributed by atoms with Crippen LogP contribution in [0, 0.1) is 0 Å². The van der Waals surface area contributed by atoms with Gasteiger partial charge in [0.2, 0.25) is 5.88 Å². The molecule has 5 nitrogen and oxygen atoms in total. The molecule has 1 heterocycles. The van der Waals surface area contributed by atoms with E-state index >= 15 is 0 Å². The van der Waals surface area contributed by atoms with E-state index < -0.39 is 0 Å². The molecular weight excluding hydrogens is 304 g/mol. The molecule has 5 heteroatoms. The van der Waals surface area contributed by atoms with Gasteiger partial charge in [-0.05, 0) is 19.1 Å². The van der Waals surface area contributed by atoms with Crippen LogP contribution in [0.2, 0.25) is 0 Å². The van der Waals surface area contributed by atoms with Crippen LogP contribution in [0.3, 0.4) is 0 Å². The first kappa shape index (κ1) is 19.2. The molecule has 0 bridgehead atoms. The van der Waals surface area contributed by atoms with Crippen molar-refractivity contribution in [1.29, 1.82) is 0 Å². The number of nitrogens with zero attached hydrogens (tertiary/aromatic N) is 2. The fourth-order valence-electron chi connectivity index (χ4n) is 2.09. The molecule has 24 heavy (non-hydrogen) atoms. The third-order valence-corrected chi connectivity index (χ3v) is 3.08. The lowest BCUT2D eigenvalue weighted by Gasteiger charge is -2.11. The third-order valence-electron chi connectivity index (χ3n) is 3.08. The summed E-state index contributed by atoms with van der Waals surface area (Å²) in [7, 11) is 3.02. The molecule has 2 aromatic rings. The van der Waals surface area contributed by atoms with E-state index in [2.05, 4.69) is 16.5 Å². The van der Waals surface area contributed by atoms with Crippen molar-refractivity contribution in [2.24, 2.45) is 0 Å². The van der Waals surface area contributed by atoms with Crippen LogP contribution in [0.4, 0.5) is 0 Å². The van der Waals surface area contributed by atoms with Gasteiger partial charge >= 0.3 is 0 Å². The van der Waals surface area contributed by atoms with E-state index in [1.807, 2.05) is 32.9 Å². The Labute approximate surface area is 143 Å². The topological polar surface area (TPSA) is 64.5 Å². The molecule has 0 saturated heterocycles. The first-order valence-electron chi connectivity index (χ1n) is 7.73. The van der Waals surface area contributed by atoms with Gasteiger partial charge < -0.3 is 14.6 Å². The Kier molecular flexibility index (Phi) is 7.49. The number of phenolic OH excluding ortho intramolecular Hbond substituents is 1. The zero-order valence-corrected chi connectivity index (χ0v) is 14.8. The normalized spacial score (nSPS) is 11.1. The van der Waals surface area contributed by atoms with E-state index in [1.165, 1.54) is 14.2 Å². The van der Waals surface area contributed by atoms with Gasteiger partial charge in [-0.3, -0.25) is 0 Å². The van der Waals surface area contributed by atoms with Crippen molar-refractivity contribution < 1.29 is 14.6 Å². The van der Waals surface area contributed by atoms with Crippen molar-refractivity contribution >= 4 is 16.5 Å². The Bertz CT molecular complexity index is 765. The number of aromatic hydroxyl groups is 1. The summed E-state index contributed by atoms with van der Waals surface area (Å²) in [4.78, 5) is 8.84. The molecular formula is C19H24N2O3. The summed E-state index contributed by atoms with van der Waals surface area (Å²) < 4.78 is 10.4. The second-order valence-corrected chi connectivity index (χ2v) is 4.43. The molecule has 1 aromatic carbocycles. The Morgan fingerprint density at radius 2 is 1.88 bits per heavy atom. The van der Waals surface area contributed by atoms with Crippen LogP contribution in [0.1, 0.15) is 26.6 Å². The van der Waals surface area contributed by atoms with E-state index in [9.17, 15) is 5.11 Å². The van der Waals surface area contributed by atoms with Crippen LogP contribution < -0.4 is 9.47 Å². The largest absolute Gasteiger partial charge is 0.503 e. The van der Waals surface area contributed by atoms with Crippen LogP contribution in [0.15, 0.2) is 43.0 Å². The molecule has 1 N–H and O–H groups in total. The first-order chi connectivity index (χ1) is 11.7. The lowest BCUT2D eigenvalue weighted by Crippen LogP contribution is -1.99. The maximum absolute atomic E-state index is 10.3. The third kappa shape index (κ3) is 3.93. The summed E-state index contributed by atoms with van der Waals surface area (Å²) in [6.45, 7) is 9.59. The van der Waals surface area contributed by atoms with Crippen LogP contribution in [0.5, 0.6) is 17.4 Å². The average molecular weight is 328 g/mol. The number of ether oxygens (including phenoxy) is 2. The van der Waals surface area contributed by atoms with Crippen LogP contribution in [-0.2, 0) is 0 Å². The second-order valence-electron chi connectivity index (χ2n) is 4.43. The number of methoxy groups -OCH3 is 2. The lowest BCUT2D eigenvalue weighted by molar-refractivity contribution is 0.375. The van der Waals surface area contributed by atoms with E-state index in [0.717, 1.165) is 5.57 Å². The summed E-state index contributed by atoms with van der Waals surface area (Å²) in [5, 5.41) is 10.9.